The van der Waals surface area contributed by atoms with Crippen LogP contribution in [0.1, 0.15) is 53.9 Å². The number of hydrogen-bond donors (Lipinski definition) is 0. The number of piperidine rings is 1. The molecule has 0 aromatic rings. The first-order valence-electron chi connectivity index (χ1n) is 9.49. The molecule has 0 amide bonds. The lowest BCUT2D eigenvalue weighted by Gasteiger charge is -2.56. The first kappa shape index (κ1) is 16.7. The van der Waals surface area contributed by atoms with Crippen LogP contribution in [0.25, 0.3) is 0 Å². The second-order valence-electron chi connectivity index (χ2n) is 9.57. The van der Waals surface area contributed by atoms with Gasteiger partial charge in [-0.2, -0.15) is 0 Å². The van der Waals surface area contributed by atoms with Gasteiger partial charge in [0.25, 0.3) is 0 Å². The molecular formula is C19H37N3. The number of likely N-dealkylation sites (tertiary alicyclic amines) is 3. The summed E-state index contributed by atoms with van der Waals surface area (Å²) in [5.41, 5.74) is 1.04. The molecule has 3 saturated heterocycles. The normalized spacial score (nSPS) is 31.1. The van der Waals surface area contributed by atoms with Crippen LogP contribution in [-0.4, -0.2) is 72.1 Å². The summed E-state index contributed by atoms with van der Waals surface area (Å²) in [7, 11) is 0. The molecule has 0 saturated carbocycles. The summed E-state index contributed by atoms with van der Waals surface area (Å²) in [6.07, 6.45) is 4.28. The standard InChI is InChI=1S/C19H37N3/c1-16(2)21-14-19(15-21)7-10-20(11-8-19)12-17-6-9-22(13-17)18(3,4)5/h16-17H,6-15H2,1-5H3. The highest BCUT2D eigenvalue weighted by Crippen LogP contribution is 2.41. The molecule has 0 aliphatic carbocycles. The van der Waals surface area contributed by atoms with Gasteiger partial charge in [-0.3, -0.25) is 9.80 Å². The molecule has 3 heterocycles. The minimum absolute atomic E-state index is 0.354. The summed E-state index contributed by atoms with van der Waals surface area (Å²) in [5.74, 6) is 0.904. The van der Waals surface area contributed by atoms with Crippen LogP contribution in [-0.2, 0) is 0 Å². The zero-order valence-corrected chi connectivity index (χ0v) is 15.6. The first-order chi connectivity index (χ1) is 10.3. The van der Waals surface area contributed by atoms with E-state index in [0.29, 0.717) is 11.0 Å². The van der Waals surface area contributed by atoms with Gasteiger partial charge >= 0.3 is 0 Å². The third-order valence-electron chi connectivity index (χ3n) is 6.47. The van der Waals surface area contributed by atoms with Crippen molar-refractivity contribution in [2.24, 2.45) is 11.3 Å². The molecule has 128 valence electrons. The van der Waals surface area contributed by atoms with Crippen molar-refractivity contribution < 1.29 is 0 Å². The maximum Gasteiger partial charge on any atom is 0.0125 e. The molecule has 0 radical (unpaired) electrons. The highest BCUT2D eigenvalue weighted by molar-refractivity contribution is 4.99. The molecule has 0 aromatic carbocycles. The molecule has 1 unspecified atom stereocenters. The monoisotopic (exact) mass is 307 g/mol. The van der Waals surface area contributed by atoms with E-state index in [0.717, 1.165) is 12.0 Å². The lowest BCUT2D eigenvalue weighted by molar-refractivity contribution is -0.0637. The van der Waals surface area contributed by atoms with E-state index in [-0.39, 0.29) is 0 Å². The van der Waals surface area contributed by atoms with Crippen molar-refractivity contribution in [3.8, 4) is 0 Å². The van der Waals surface area contributed by atoms with E-state index in [4.69, 9.17) is 0 Å². The van der Waals surface area contributed by atoms with Crippen LogP contribution in [0.4, 0.5) is 0 Å². The van der Waals surface area contributed by atoms with E-state index in [1.54, 1.807) is 0 Å². The largest absolute Gasteiger partial charge is 0.303 e. The summed E-state index contributed by atoms with van der Waals surface area (Å²) < 4.78 is 0. The zero-order chi connectivity index (χ0) is 16.0. The van der Waals surface area contributed by atoms with E-state index in [2.05, 4.69) is 49.3 Å². The highest BCUT2D eigenvalue weighted by atomic mass is 15.3. The van der Waals surface area contributed by atoms with Gasteiger partial charge in [-0.05, 0) is 84.8 Å². The molecule has 3 aliphatic rings. The van der Waals surface area contributed by atoms with Crippen LogP contribution in [0.15, 0.2) is 0 Å². The van der Waals surface area contributed by atoms with Crippen LogP contribution >= 0.6 is 0 Å². The van der Waals surface area contributed by atoms with E-state index < -0.39 is 0 Å². The molecule has 3 rings (SSSR count). The SMILES string of the molecule is CC(C)N1CC2(CCN(CC3CCN(C(C)(C)C)C3)CC2)C1. The van der Waals surface area contributed by atoms with E-state index in [1.807, 2.05) is 0 Å². The van der Waals surface area contributed by atoms with Crippen molar-refractivity contribution >= 4 is 0 Å². The predicted octanol–water partition coefficient (Wildman–Crippen LogP) is 2.91. The van der Waals surface area contributed by atoms with E-state index in [9.17, 15) is 0 Å². The van der Waals surface area contributed by atoms with Gasteiger partial charge in [-0.15, -0.1) is 0 Å². The fraction of sp³-hybridized carbons (Fsp3) is 1.00. The Balaban J connectivity index is 1.40. The quantitative estimate of drug-likeness (QED) is 0.794. The Labute approximate surface area is 138 Å². The van der Waals surface area contributed by atoms with Crippen molar-refractivity contribution in [3.63, 3.8) is 0 Å². The minimum atomic E-state index is 0.354. The van der Waals surface area contributed by atoms with Crippen molar-refractivity contribution in [1.82, 2.24) is 14.7 Å². The van der Waals surface area contributed by atoms with Gasteiger partial charge in [-0.1, -0.05) is 0 Å². The van der Waals surface area contributed by atoms with Crippen LogP contribution in [0.3, 0.4) is 0 Å². The molecule has 0 bridgehead atoms. The van der Waals surface area contributed by atoms with Gasteiger partial charge in [-0.25, -0.2) is 0 Å². The van der Waals surface area contributed by atoms with Crippen molar-refractivity contribution in [2.75, 3.05) is 45.8 Å². The maximum atomic E-state index is 2.76. The van der Waals surface area contributed by atoms with Gasteiger partial charge in [0.1, 0.15) is 0 Å². The first-order valence-corrected chi connectivity index (χ1v) is 9.49. The van der Waals surface area contributed by atoms with Gasteiger partial charge in [0, 0.05) is 37.8 Å². The van der Waals surface area contributed by atoms with Crippen molar-refractivity contribution in [1.29, 1.82) is 0 Å². The second-order valence-corrected chi connectivity index (χ2v) is 9.57. The molecule has 3 aliphatic heterocycles. The zero-order valence-electron chi connectivity index (χ0n) is 15.6. The number of hydrogen-bond acceptors (Lipinski definition) is 3. The summed E-state index contributed by atoms with van der Waals surface area (Å²) in [4.78, 5) is 8.09. The van der Waals surface area contributed by atoms with Gasteiger partial charge in [0.15, 0.2) is 0 Å². The Morgan fingerprint density at radius 2 is 1.68 bits per heavy atom. The highest BCUT2D eigenvalue weighted by Gasteiger charge is 2.45. The molecule has 3 heteroatoms. The van der Waals surface area contributed by atoms with Gasteiger partial charge in [0.05, 0.1) is 0 Å². The molecule has 3 nitrogen and oxygen atoms in total. The fourth-order valence-corrected chi connectivity index (χ4v) is 4.66. The fourth-order valence-electron chi connectivity index (χ4n) is 4.66. The van der Waals surface area contributed by atoms with E-state index in [1.165, 1.54) is 65.1 Å². The Hall–Kier alpha value is -0.120. The van der Waals surface area contributed by atoms with Crippen LogP contribution in [0.5, 0.6) is 0 Å². The smallest absolute Gasteiger partial charge is 0.0125 e. The molecule has 22 heavy (non-hydrogen) atoms. The Kier molecular flexibility index (Phi) is 4.61. The minimum Gasteiger partial charge on any atom is -0.303 e. The van der Waals surface area contributed by atoms with Crippen LogP contribution in [0, 0.1) is 11.3 Å². The van der Waals surface area contributed by atoms with Crippen LogP contribution in [0.2, 0.25) is 0 Å². The average molecular weight is 308 g/mol. The molecular weight excluding hydrogens is 270 g/mol. The molecule has 3 fully saturated rings. The Morgan fingerprint density at radius 1 is 1.05 bits per heavy atom. The van der Waals surface area contributed by atoms with Gasteiger partial charge in [0.2, 0.25) is 0 Å². The third-order valence-corrected chi connectivity index (χ3v) is 6.47. The molecule has 0 aromatic heterocycles. The summed E-state index contributed by atoms with van der Waals surface area (Å²) in [5, 5.41) is 0. The number of nitrogens with zero attached hydrogens (tertiary/aromatic N) is 3. The Morgan fingerprint density at radius 3 is 2.18 bits per heavy atom. The predicted molar refractivity (Wildman–Crippen MR) is 94.2 cm³/mol. The lowest BCUT2D eigenvalue weighted by atomic mass is 9.71. The summed E-state index contributed by atoms with van der Waals surface area (Å²) in [6.45, 7) is 21.1. The van der Waals surface area contributed by atoms with Gasteiger partial charge < -0.3 is 4.90 Å². The van der Waals surface area contributed by atoms with E-state index >= 15 is 0 Å². The summed E-state index contributed by atoms with van der Waals surface area (Å²) in [6, 6.07) is 0.741. The average Bonchev–Trinajstić information content (AvgIpc) is 2.85. The maximum absolute atomic E-state index is 2.76. The second kappa shape index (κ2) is 6.07. The van der Waals surface area contributed by atoms with Crippen molar-refractivity contribution in [3.05, 3.63) is 0 Å². The van der Waals surface area contributed by atoms with Crippen LogP contribution < -0.4 is 0 Å². The topological polar surface area (TPSA) is 9.72 Å². The lowest BCUT2D eigenvalue weighted by Crippen LogP contribution is -2.62. The number of rotatable bonds is 3. The summed E-state index contributed by atoms with van der Waals surface area (Å²) >= 11 is 0. The third kappa shape index (κ3) is 3.52. The molecule has 0 N–H and O–H groups in total. The Bertz CT molecular complexity index is 369. The molecule has 1 atom stereocenters. The van der Waals surface area contributed by atoms with Crippen molar-refractivity contribution in [2.45, 2.75) is 65.5 Å². The molecule has 1 spiro atoms.